The fraction of sp³-hybridized carbons (Fsp3) is 0.424. The minimum absolute atomic E-state index is 0.140. The van der Waals surface area contributed by atoms with Crippen molar-refractivity contribution >= 4 is 17.7 Å². The Morgan fingerprint density at radius 2 is 1.71 bits per heavy atom. The lowest BCUT2D eigenvalue weighted by Crippen LogP contribution is -2.57. The number of hydrazine groups is 1. The van der Waals surface area contributed by atoms with Gasteiger partial charge in [0.15, 0.2) is 0 Å². The number of fused-ring (bicyclic) bond motifs is 1. The molecule has 2 aromatic carbocycles. The smallest absolute Gasteiger partial charge is 0.266 e. The van der Waals surface area contributed by atoms with Crippen LogP contribution in [0.3, 0.4) is 0 Å². The zero-order chi connectivity index (χ0) is 28.3. The molecular formula is C33H38N4O4. The molecule has 0 bridgehead atoms. The minimum Gasteiger partial charge on any atom is -0.489 e. The van der Waals surface area contributed by atoms with Gasteiger partial charge in [-0.3, -0.25) is 19.3 Å². The van der Waals surface area contributed by atoms with Crippen molar-refractivity contribution in [1.29, 1.82) is 0 Å². The zero-order valence-electron chi connectivity index (χ0n) is 23.5. The zero-order valence-corrected chi connectivity index (χ0v) is 23.5. The van der Waals surface area contributed by atoms with Crippen LogP contribution in [-0.2, 0) is 29.3 Å². The Balaban J connectivity index is 1.01. The highest BCUT2D eigenvalue weighted by molar-refractivity contribution is 6.05. The van der Waals surface area contributed by atoms with Crippen molar-refractivity contribution < 1.29 is 19.1 Å². The third-order valence-electron chi connectivity index (χ3n) is 8.88. The first kappa shape index (κ1) is 27.4. The molecule has 8 nitrogen and oxygen atoms in total. The van der Waals surface area contributed by atoms with E-state index in [4.69, 9.17) is 10.6 Å². The lowest BCUT2D eigenvalue weighted by atomic mass is 9.88. The van der Waals surface area contributed by atoms with Crippen LogP contribution in [0, 0.1) is 5.92 Å². The van der Waals surface area contributed by atoms with E-state index in [0.717, 1.165) is 36.7 Å². The average molecular weight is 555 g/mol. The van der Waals surface area contributed by atoms with Crippen LogP contribution >= 0.6 is 0 Å². The van der Waals surface area contributed by atoms with Crippen LogP contribution in [0.2, 0.25) is 0 Å². The van der Waals surface area contributed by atoms with Gasteiger partial charge in [-0.15, -0.1) is 0 Å². The molecule has 0 radical (unpaired) electrons. The Kier molecular flexibility index (Phi) is 8.03. The molecule has 3 aliphatic heterocycles. The van der Waals surface area contributed by atoms with Gasteiger partial charge in [-0.2, -0.15) is 0 Å². The summed E-state index contributed by atoms with van der Waals surface area (Å²) in [6, 6.07) is 13.2. The van der Waals surface area contributed by atoms with E-state index in [1.54, 1.807) is 12.1 Å². The summed E-state index contributed by atoms with van der Waals surface area (Å²) < 4.78 is 6.18. The Bertz CT molecular complexity index is 1370. The van der Waals surface area contributed by atoms with Gasteiger partial charge in [-0.1, -0.05) is 54.1 Å². The van der Waals surface area contributed by atoms with Gasteiger partial charge in [-0.25, -0.2) is 10.9 Å². The number of rotatable bonds is 8. The van der Waals surface area contributed by atoms with E-state index in [-0.39, 0.29) is 25.3 Å². The fourth-order valence-electron chi connectivity index (χ4n) is 6.45. The predicted molar refractivity (Wildman–Crippen MR) is 155 cm³/mol. The van der Waals surface area contributed by atoms with Crippen LogP contribution in [-0.4, -0.2) is 51.7 Å². The summed E-state index contributed by atoms with van der Waals surface area (Å²) in [5.74, 6) is 5.87. The van der Waals surface area contributed by atoms with Gasteiger partial charge in [-0.05, 0) is 80.8 Å². The van der Waals surface area contributed by atoms with Gasteiger partial charge in [0.05, 0.1) is 6.54 Å². The van der Waals surface area contributed by atoms with Crippen LogP contribution in [0.1, 0.15) is 72.0 Å². The maximum Gasteiger partial charge on any atom is 0.266 e. The molecule has 2 aromatic rings. The van der Waals surface area contributed by atoms with E-state index in [0.29, 0.717) is 22.9 Å². The summed E-state index contributed by atoms with van der Waals surface area (Å²) in [5.41, 5.74) is 5.18. The summed E-state index contributed by atoms with van der Waals surface area (Å²) in [5, 5.41) is 0.640. The molecule has 1 atom stereocenters. The van der Waals surface area contributed by atoms with Crippen molar-refractivity contribution in [3.8, 4) is 5.75 Å². The normalized spacial score (nSPS) is 21.8. The van der Waals surface area contributed by atoms with Crippen molar-refractivity contribution in [3.05, 3.63) is 88.5 Å². The van der Waals surface area contributed by atoms with Gasteiger partial charge in [0, 0.05) is 24.1 Å². The number of carbonyl (C=O) groups is 3. The molecule has 2 saturated heterocycles. The third kappa shape index (κ3) is 5.99. The van der Waals surface area contributed by atoms with E-state index in [2.05, 4.69) is 47.4 Å². The van der Waals surface area contributed by atoms with E-state index in [1.807, 2.05) is 6.07 Å². The van der Waals surface area contributed by atoms with Crippen molar-refractivity contribution in [1.82, 2.24) is 14.8 Å². The van der Waals surface area contributed by atoms with Crippen molar-refractivity contribution in [2.75, 3.05) is 13.1 Å². The number of hydrogen-bond acceptors (Lipinski definition) is 6. The van der Waals surface area contributed by atoms with Crippen molar-refractivity contribution in [3.63, 3.8) is 0 Å². The lowest BCUT2D eigenvalue weighted by molar-refractivity contribution is -0.152. The number of nitrogens with two attached hydrogens (primary N) is 1. The predicted octanol–water partition coefficient (Wildman–Crippen LogP) is 4.49. The maximum atomic E-state index is 13.1. The number of ether oxygens (including phenoxy) is 1. The molecule has 3 heterocycles. The highest BCUT2D eigenvalue weighted by Crippen LogP contribution is 2.34. The first-order chi connectivity index (χ1) is 20.0. The van der Waals surface area contributed by atoms with Gasteiger partial charge in [0.25, 0.3) is 11.8 Å². The minimum atomic E-state index is -0.741. The quantitative estimate of drug-likeness (QED) is 0.294. The second-order valence-corrected chi connectivity index (χ2v) is 11.7. The Morgan fingerprint density at radius 3 is 2.46 bits per heavy atom. The molecule has 2 fully saturated rings. The Morgan fingerprint density at radius 1 is 0.927 bits per heavy atom. The van der Waals surface area contributed by atoms with Gasteiger partial charge >= 0.3 is 0 Å². The third-order valence-corrected chi connectivity index (χ3v) is 8.88. The molecule has 6 rings (SSSR count). The van der Waals surface area contributed by atoms with E-state index in [9.17, 15) is 14.4 Å². The monoisotopic (exact) mass is 554 g/mol. The first-order valence-electron chi connectivity index (χ1n) is 14.8. The Labute approximate surface area is 241 Å². The fourth-order valence-corrected chi connectivity index (χ4v) is 6.45. The van der Waals surface area contributed by atoms with Crippen LogP contribution in [0.5, 0.6) is 5.75 Å². The molecule has 0 saturated carbocycles. The number of likely N-dealkylation sites (tertiary alicyclic amines) is 1. The van der Waals surface area contributed by atoms with Gasteiger partial charge < -0.3 is 9.64 Å². The average Bonchev–Trinajstić information content (AvgIpc) is 3.33. The van der Waals surface area contributed by atoms with Crippen molar-refractivity contribution in [2.24, 2.45) is 11.8 Å². The number of allylic oxidation sites excluding steroid dienone is 4. The number of piperidine rings is 2. The molecule has 1 unspecified atom stereocenters. The van der Waals surface area contributed by atoms with Crippen LogP contribution in [0.15, 0.2) is 66.3 Å². The summed E-state index contributed by atoms with van der Waals surface area (Å²) in [6.07, 6.45) is 13.6. The van der Waals surface area contributed by atoms with E-state index in [1.165, 1.54) is 48.1 Å². The summed E-state index contributed by atoms with van der Waals surface area (Å²) in [7, 11) is 0. The molecule has 2 N–H and O–H groups in total. The molecule has 4 aliphatic rings. The molecule has 8 heteroatoms. The molecular weight excluding hydrogens is 516 g/mol. The summed E-state index contributed by atoms with van der Waals surface area (Å²) in [6.45, 7) is 3.90. The Hall–Kier alpha value is -3.75. The number of carbonyl (C=O) groups excluding carboxylic acids is 3. The molecule has 0 spiro atoms. The van der Waals surface area contributed by atoms with E-state index < -0.39 is 17.9 Å². The first-order valence-corrected chi connectivity index (χ1v) is 14.8. The van der Waals surface area contributed by atoms with Crippen LogP contribution in [0.25, 0.3) is 0 Å². The summed E-state index contributed by atoms with van der Waals surface area (Å²) in [4.78, 5) is 41.6. The van der Waals surface area contributed by atoms with E-state index >= 15 is 0 Å². The maximum absolute atomic E-state index is 13.1. The molecule has 41 heavy (non-hydrogen) atoms. The topological polar surface area (TPSA) is 96.2 Å². The van der Waals surface area contributed by atoms with Crippen molar-refractivity contribution in [2.45, 2.75) is 70.7 Å². The highest BCUT2D eigenvalue weighted by atomic mass is 16.5. The number of nitrogens with zero attached hydrogens (tertiary/aromatic N) is 3. The molecule has 3 amide bonds. The summed E-state index contributed by atoms with van der Waals surface area (Å²) >= 11 is 0. The molecule has 1 aliphatic carbocycles. The van der Waals surface area contributed by atoms with Crippen LogP contribution in [0.4, 0.5) is 0 Å². The van der Waals surface area contributed by atoms with Crippen LogP contribution < -0.4 is 10.6 Å². The molecule has 214 valence electrons. The SMILES string of the molecule is NN1C(=O)CCC(N2Cc3c(OCc4ccc(CN5CCC(CC6=CCCC=C6)CC5)cc4)cccc3C2=O)C1=O. The number of amides is 3. The largest absolute Gasteiger partial charge is 0.489 e. The van der Waals surface area contributed by atoms with Gasteiger partial charge in [0.1, 0.15) is 18.4 Å². The molecule has 0 aromatic heterocycles. The number of hydrogen-bond donors (Lipinski definition) is 1. The lowest BCUT2D eigenvalue weighted by Gasteiger charge is -2.33. The number of benzene rings is 2. The highest BCUT2D eigenvalue weighted by Gasteiger charge is 2.42. The van der Waals surface area contributed by atoms with Gasteiger partial charge in [0.2, 0.25) is 5.91 Å². The second kappa shape index (κ2) is 12.0. The standard InChI is InChI=1S/C33H38N4O4/c34-37-31(38)14-13-29(33(37)40)36-21-28-27(32(36)39)7-4-8-30(28)41-22-26-11-9-25(10-12-26)20-35-17-15-24(16-18-35)19-23-5-2-1-3-6-23/h2,4-12,24,29H,1,3,13-22,34H2. The second-order valence-electron chi connectivity index (χ2n) is 11.7. The number of imide groups is 1.